The van der Waals surface area contributed by atoms with Gasteiger partial charge in [0.15, 0.2) is 5.69 Å². The molecule has 0 unspecified atom stereocenters. The van der Waals surface area contributed by atoms with Gasteiger partial charge < -0.3 is 4.74 Å². The fraction of sp³-hybridized carbons (Fsp3) is 0.167. The molecule has 0 aliphatic carbocycles. The Labute approximate surface area is 108 Å². The second-order valence-corrected chi connectivity index (χ2v) is 4.40. The monoisotopic (exact) mass is 269 g/mol. The number of ether oxygens (including phenoxy) is 1. The number of aryl methyl sites for hydroxylation is 1. The summed E-state index contributed by atoms with van der Waals surface area (Å²) in [7, 11) is 1.29. The lowest BCUT2D eigenvalue weighted by Crippen LogP contribution is -2.04. The van der Waals surface area contributed by atoms with E-state index in [0.717, 1.165) is 10.9 Å². The third-order valence-corrected chi connectivity index (χ3v) is 2.99. The quantitative estimate of drug-likeness (QED) is 0.586. The van der Waals surface area contributed by atoms with E-state index >= 15 is 0 Å². The number of methoxy groups -OCH3 is 1. The number of nitrogens with zero attached hydrogens (tertiary/aromatic N) is 1. The first-order chi connectivity index (χ1) is 8.02. The van der Waals surface area contributed by atoms with Crippen LogP contribution in [-0.2, 0) is 4.74 Å². The smallest absolute Gasteiger partial charge is 0.356 e. The van der Waals surface area contributed by atoms with Gasteiger partial charge in [-0.3, -0.25) is 0 Å². The highest BCUT2D eigenvalue weighted by Crippen LogP contribution is 2.30. The molecular weight excluding hydrogens is 261 g/mol. The zero-order chi connectivity index (χ0) is 12.6. The van der Waals surface area contributed by atoms with Crippen molar-refractivity contribution in [3.63, 3.8) is 0 Å². The van der Waals surface area contributed by atoms with Crippen LogP contribution in [0.15, 0.2) is 18.2 Å². The van der Waals surface area contributed by atoms with E-state index in [2.05, 4.69) is 9.72 Å². The molecule has 0 saturated carbocycles. The van der Waals surface area contributed by atoms with Crippen molar-refractivity contribution >= 4 is 39.9 Å². The molecule has 0 N–H and O–H groups in total. The summed E-state index contributed by atoms with van der Waals surface area (Å²) in [5, 5.41) is 2.20. The first kappa shape index (κ1) is 12.1. The van der Waals surface area contributed by atoms with Gasteiger partial charge in [0, 0.05) is 15.8 Å². The van der Waals surface area contributed by atoms with Crippen LogP contribution in [-0.4, -0.2) is 18.1 Å². The second-order valence-electron chi connectivity index (χ2n) is 3.63. The minimum atomic E-state index is -0.537. The fourth-order valence-electron chi connectivity index (χ4n) is 1.61. The van der Waals surface area contributed by atoms with Gasteiger partial charge in [-0.1, -0.05) is 23.2 Å². The molecule has 88 valence electrons. The zero-order valence-corrected chi connectivity index (χ0v) is 10.8. The van der Waals surface area contributed by atoms with Crippen LogP contribution >= 0.6 is 23.2 Å². The van der Waals surface area contributed by atoms with E-state index in [0.29, 0.717) is 10.4 Å². The summed E-state index contributed by atoms with van der Waals surface area (Å²) in [4.78, 5) is 15.4. The maximum atomic E-state index is 11.4. The van der Waals surface area contributed by atoms with Crippen LogP contribution < -0.4 is 0 Å². The van der Waals surface area contributed by atoms with E-state index in [4.69, 9.17) is 23.2 Å². The molecule has 17 heavy (non-hydrogen) atoms. The van der Waals surface area contributed by atoms with Gasteiger partial charge in [-0.25, -0.2) is 9.78 Å². The van der Waals surface area contributed by atoms with Gasteiger partial charge in [0.05, 0.1) is 7.11 Å². The highest BCUT2D eigenvalue weighted by atomic mass is 35.5. The lowest BCUT2D eigenvalue weighted by atomic mass is 10.1. The summed E-state index contributed by atoms with van der Waals surface area (Å²) in [6.45, 7) is 1.91. The summed E-state index contributed by atoms with van der Waals surface area (Å²) >= 11 is 12.1. The van der Waals surface area contributed by atoms with Crippen molar-refractivity contribution in [3.05, 3.63) is 39.6 Å². The Balaban J connectivity index is 2.77. The average molecular weight is 270 g/mol. The predicted octanol–water partition coefficient (Wildman–Crippen LogP) is 3.64. The molecular formula is C12H9Cl2NO2. The Morgan fingerprint density at radius 3 is 2.59 bits per heavy atom. The minimum absolute atomic E-state index is 0.149. The molecule has 2 rings (SSSR count). The Morgan fingerprint density at radius 2 is 1.94 bits per heavy atom. The van der Waals surface area contributed by atoms with Crippen molar-refractivity contribution in [2.45, 2.75) is 6.92 Å². The summed E-state index contributed by atoms with van der Waals surface area (Å²) in [6, 6.07) is 5.26. The number of rotatable bonds is 1. The number of carbonyl (C=O) groups excluding carboxylic acids is 1. The molecule has 1 aromatic carbocycles. The molecule has 0 bridgehead atoms. The molecule has 0 fully saturated rings. The standard InChI is InChI=1S/C12H9Cl2NO2/c1-6-3-8-7(9(13)4-6)5-10(12(16)17-2)15-11(8)14/h3-5H,1-2H3. The largest absolute Gasteiger partial charge is 0.464 e. The number of esters is 1. The molecule has 0 amide bonds. The molecule has 5 heteroatoms. The minimum Gasteiger partial charge on any atom is -0.464 e. The molecule has 3 nitrogen and oxygen atoms in total. The molecule has 0 aliphatic rings. The number of hydrogen-bond donors (Lipinski definition) is 0. The molecule has 2 aromatic rings. The van der Waals surface area contributed by atoms with Gasteiger partial charge >= 0.3 is 5.97 Å². The maximum absolute atomic E-state index is 11.4. The second kappa shape index (κ2) is 4.51. The summed E-state index contributed by atoms with van der Waals surface area (Å²) in [5.74, 6) is -0.537. The van der Waals surface area contributed by atoms with Gasteiger partial charge in [0.1, 0.15) is 5.15 Å². The Morgan fingerprint density at radius 1 is 1.24 bits per heavy atom. The van der Waals surface area contributed by atoms with Gasteiger partial charge in [0.2, 0.25) is 0 Å². The van der Waals surface area contributed by atoms with E-state index < -0.39 is 5.97 Å². The fourth-order valence-corrected chi connectivity index (χ4v) is 2.19. The molecule has 0 radical (unpaired) electrons. The first-order valence-electron chi connectivity index (χ1n) is 4.87. The number of pyridine rings is 1. The topological polar surface area (TPSA) is 39.2 Å². The number of fused-ring (bicyclic) bond motifs is 1. The average Bonchev–Trinajstić information content (AvgIpc) is 2.29. The predicted molar refractivity (Wildman–Crippen MR) is 67.8 cm³/mol. The Hall–Kier alpha value is -1.32. The van der Waals surface area contributed by atoms with Crippen LogP contribution in [0.5, 0.6) is 0 Å². The lowest BCUT2D eigenvalue weighted by Gasteiger charge is -2.06. The summed E-state index contributed by atoms with van der Waals surface area (Å²) < 4.78 is 4.60. The van der Waals surface area contributed by atoms with Crippen LogP contribution in [0.2, 0.25) is 10.2 Å². The van der Waals surface area contributed by atoms with Gasteiger partial charge in [0.25, 0.3) is 0 Å². The van der Waals surface area contributed by atoms with Crippen molar-refractivity contribution in [2.24, 2.45) is 0 Å². The van der Waals surface area contributed by atoms with Crippen molar-refractivity contribution in [1.29, 1.82) is 0 Å². The number of carbonyl (C=O) groups is 1. The Bertz CT molecular complexity index is 611. The van der Waals surface area contributed by atoms with E-state index in [9.17, 15) is 4.79 Å². The van der Waals surface area contributed by atoms with Crippen molar-refractivity contribution in [2.75, 3.05) is 7.11 Å². The van der Waals surface area contributed by atoms with Crippen LogP contribution in [0.4, 0.5) is 0 Å². The van der Waals surface area contributed by atoms with E-state index in [1.54, 1.807) is 12.1 Å². The molecule has 1 heterocycles. The third kappa shape index (κ3) is 2.21. The number of halogens is 2. The summed E-state index contributed by atoms with van der Waals surface area (Å²) in [5.41, 5.74) is 1.13. The molecule has 0 saturated heterocycles. The number of aromatic nitrogens is 1. The summed E-state index contributed by atoms with van der Waals surface area (Å²) in [6.07, 6.45) is 0. The molecule has 0 spiro atoms. The van der Waals surface area contributed by atoms with Crippen molar-refractivity contribution in [1.82, 2.24) is 4.98 Å². The highest BCUT2D eigenvalue weighted by Gasteiger charge is 2.13. The molecule has 0 atom stereocenters. The van der Waals surface area contributed by atoms with Gasteiger partial charge in [-0.15, -0.1) is 0 Å². The first-order valence-corrected chi connectivity index (χ1v) is 5.63. The molecule has 1 aromatic heterocycles. The Kier molecular flexibility index (Phi) is 3.22. The van der Waals surface area contributed by atoms with Crippen molar-refractivity contribution < 1.29 is 9.53 Å². The maximum Gasteiger partial charge on any atom is 0.356 e. The van der Waals surface area contributed by atoms with Crippen LogP contribution in [0.1, 0.15) is 16.1 Å². The lowest BCUT2D eigenvalue weighted by molar-refractivity contribution is 0.0594. The zero-order valence-electron chi connectivity index (χ0n) is 9.25. The van der Waals surface area contributed by atoms with Crippen LogP contribution in [0, 0.1) is 6.92 Å². The normalized spacial score (nSPS) is 10.6. The van der Waals surface area contributed by atoms with E-state index in [-0.39, 0.29) is 10.8 Å². The van der Waals surface area contributed by atoms with Gasteiger partial charge in [-0.2, -0.15) is 0 Å². The van der Waals surface area contributed by atoms with E-state index in [1.165, 1.54) is 7.11 Å². The molecule has 0 aliphatic heterocycles. The van der Waals surface area contributed by atoms with Gasteiger partial charge in [-0.05, 0) is 30.7 Å². The number of benzene rings is 1. The SMILES string of the molecule is COC(=O)c1cc2c(Cl)cc(C)cc2c(Cl)n1. The third-order valence-electron chi connectivity index (χ3n) is 2.39. The van der Waals surface area contributed by atoms with Crippen LogP contribution in [0.3, 0.4) is 0 Å². The number of hydrogen-bond acceptors (Lipinski definition) is 3. The highest BCUT2D eigenvalue weighted by molar-refractivity contribution is 6.39. The van der Waals surface area contributed by atoms with E-state index in [1.807, 2.05) is 13.0 Å². The van der Waals surface area contributed by atoms with Crippen LogP contribution in [0.25, 0.3) is 10.8 Å². The van der Waals surface area contributed by atoms with Crippen molar-refractivity contribution in [3.8, 4) is 0 Å².